The summed E-state index contributed by atoms with van der Waals surface area (Å²) in [6.07, 6.45) is 0. The molecule has 5 aromatic rings. The number of fused-ring (bicyclic) bond motifs is 3. The normalized spacial score (nSPS) is 11.6. The molecular weight excluding hydrogens is 412 g/mol. The fourth-order valence-electron chi connectivity index (χ4n) is 3.11. The van der Waals surface area contributed by atoms with E-state index in [-0.39, 0.29) is 5.43 Å². The molecule has 0 aliphatic rings. The third kappa shape index (κ3) is 2.50. The van der Waals surface area contributed by atoms with Crippen LogP contribution in [-0.4, -0.2) is 4.98 Å². The van der Waals surface area contributed by atoms with Crippen molar-refractivity contribution in [3.8, 4) is 11.3 Å². The van der Waals surface area contributed by atoms with Crippen LogP contribution in [0.5, 0.6) is 0 Å². The summed E-state index contributed by atoms with van der Waals surface area (Å²) in [4.78, 5) is 16.9. The van der Waals surface area contributed by atoms with E-state index in [0.29, 0.717) is 21.9 Å². The lowest BCUT2D eigenvalue weighted by atomic mass is 10.1. The van der Waals surface area contributed by atoms with E-state index >= 15 is 0 Å². The zero-order valence-corrected chi connectivity index (χ0v) is 15.7. The van der Waals surface area contributed by atoms with Crippen LogP contribution in [0.25, 0.3) is 43.3 Å². The fraction of sp³-hybridized carbons (Fsp3) is 0. The molecule has 0 aliphatic carbocycles. The molecule has 0 fully saturated rings. The highest BCUT2D eigenvalue weighted by Crippen LogP contribution is 2.31. The van der Waals surface area contributed by atoms with E-state index in [0.717, 1.165) is 31.0 Å². The van der Waals surface area contributed by atoms with E-state index in [9.17, 15) is 4.79 Å². The number of anilines is 1. The topological polar surface area (TPSA) is 69.1 Å². The Balaban J connectivity index is 1.76. The van der Waals surface area contributed by atoms with Crippen LogP contribution in [-0.2, 0) is 0 Å². The van der Waals surface area contributed by atoms with Gasteiger partial charge in [-0.25, -0.2) is 4.98 Å². The molecule has 0 bridgehead atoms. The first-order valence-corrected chi connectivity index (χ1v) is 9.51. The van der Waals surface area contributed by atoms with Crippen LogP contribution in [0.2, 0.25) is 0 Å². The van der Waals surface area contributed by atoms with Crippen molar-refractivity contribution >= 4 is 64.4 Å². The van der Waals surface area contributed by atoms with Gasteiger partial charge in [0.25, 0.3) is 0 Å². The summed E-state index contributed by atoms with van der Waals surface area (Å²) in [5, 5.41) is 3.11. The molecule has 0 unspecified atom stereocenters. The lowest BCUT2D eigenvalue weighted by Gasteiger charge is -2.05. The molecule has 5 rings (SSSR count). The second-order valence-corrected chi connectivity index (χ2v) is 8.03. The molecular formula is C20H11BrN2O2S. The van der Waals surface area contributed by atoms with Crippen molar-refractivity contribution in [2.45, 2.75) is 0 Å². The highest BCUT2D eigenvalue weighted by molar-refractivity contribution is 9.10. The third-order valence-corrected chi connectivity index (χ3v) is 5.68. The zero-order chi connectivity index (χ0) is 17.8. The van der Waals surface area contributed by atoms with Crippen molar-refractivity contribution in [1.29, 1.82) is 0 Å². The van der Waals surface area contributed by atoms with E-state index in [1.807, 2.05) is 48.5 Å². The monoisotopic (exact) mass is 422 g/mol. The Bertz CT molecular complexity index is 1390. The standard InChI is InChI=1S/C20H11BrN2O2S/c21-13-3-1-10-6-14-16(24)9-17(25-18(14)7-12(10)5-13)11-2-4-15-19(8-11)26-20(22)23-15/h1-9H,(H2,22,23). The number of rotatable bonds is 1. The quantitative estimate of drug-likeness (QED) is 0.358. The molecule has 0 spiro atoms. The predicted octanol–water partition coefficient (Wildman–Crippen LogP) is 5.57. The van der Waals surface area contributed by atoms with Gasteiger partial charge in [0.2, 0.25) is 0 Å². The Morgan fingerprint density at radius 1 is 1.00 bits per heavy atom. The summed E-state index contributed by atoms with van der Waals surface area (Å²) in [5.74, 6) is 0.533. The average molecular weight is 423 g/mol. The molecule has 2 heterocycles. The van der Waals surface area contributed by atoms with Gasteiger partial charge in [0.1, 0.15) is 11.3 Å². The number of hydrogen-bond acceptors (Lipinski definition) is 5. The molecule has 2 N–H and O–H groups in total. The van der Waals surface area contributed by atoms with Crippen molar-refractivity contribution < 1.29 is 4.42 Å². The Morgan fingerprint density at radius 3 is 2.77 bits per heavy atom. The Labute approximate surface area is 160 Å². The van der Waals surface area contributed by atoms with Gasteiger partial charge in [-0.05, 0) is 53.2 Å². The van der Waals surface area contributed by atoms with Crippen molar-refractivity contribution in [3.05, 3.63) is 69.3 Å². The molecule has 0 saturated heterocycles. The van der Waals surface area contributed by atoms with Crippen LogP contribution in [0.1, 0.15) is 0 Å². The van der Waals surface area contributed by atoms with Gasteiger partial charge in [0.05, 0.1) is 15.6 Å². The molecule has 0 radical (unpaired) electrons. The van der Waals surface area contributed by atoms with Crippen molar-refractivity contribution in [2.75, 3.05) is 5.73 Å². The van der Waals surface area contributed by atoms with Crippen molar-refractivity contribution in [3.63, 3.8) is 0 Å². The fourth-order valence-corrected chi connectivity index (χ4v) is 4.26. The van der Waals surface area contributed by atoms with Crippen LogP contribution < -0.4 is 11.2 Å². The smallest absolute Gasteiger partial charge is 0.193 e. The molecule has 0 atom stereocenters. The SMILES string of the molecule is Nc1nc2ccc(-c3cc(=O)c4cc5ccc(Br)cc5cc4o3)cc2s1. The molecule has 6 heteroatoms. The third-order valence-electron chi connectivity index (χ3n) is 4.34. The summed E-state index contributed by atoms with van der Waals surface area (Å²) in [6, 6.07) is 17.0. The lowest BCUT2D eigenvalue weighted by Crippen LogP contribution is -2.00. The van der Waals surface area contributed by atoms with Gasteiger partial charge in [-0.3, -0.25) is 4.79 Å². The van der Waals surface area contributed by atoms with Crippen LogP contribution in [0.3, 0.4) is 0 Å². The summed E-state index contributed by atoms with van der Waals surface area (Å²) in [7, 11) is 0. The highest BCUT2D eigenvalue weighted by Gasteiger charge is 2.10. The summed E-state index contributed by atoms with van der Waals surface area (Å²) < 4.78 is 8.02. The first-order valence-electron chi connectivity index (χ1n) is 7.90. The minimum absolute atomic E-state index is 0.0602. The van der Waals surface area contributed by atoms with Crippen molar-refractivity contribution in [1.82, 2.24) is 4.98 Å². The summed E-state index contributed by atoms with van der Waals surface area (Å²) in [5.41, 5.74) is 7.96. The maximum absolute atomic E-state index is 12.7. The molecule has 0 aliphatic heterocycles. The molecule has 4 nitrogen and oxygen atoms in total. The van der Waals surface area contributed by atoms with E-state index in [1.54, 1.807) is 6.07 Å². The average Bonchev–Trinajstić information content (AvgIpc) is 2.99. The summed E-state index contributed by atoms with van der Waals surface area (Å²) in [6.45, 7) is 0. The minimum atomic E-state index is -0.0602. The molecule has 126 valence electrons. The van der Waals surface area contributed by atoms with E-state index in [4.69, 9.17) is 10.2 Å². The first kappa shape index (κ1) is 15.5. The van der Waals surface area contributed by atoms with Crippen LogP contribution in [0.4, 0.5) is 5.13 Å². The van der Waals surface area contributed by atoms with E-state index in [1.165, 1.54) is 11.3 Å². The second-order valence-electron chi connectivity index (χ2n) is 6.05. The highest BCUT2D eigenvalue weighted by atomic mass is 79.9. The van der Waals surface area contributed by atoms with Gasteiger partial charge < -0.3 is 10.2 Å². The summed E-state index contributed by atoms with van der Waals surface area (Å²) >= 11 is 4.89. The number of nitrogen functional groups attached to an aromatic ring is 1. The van der Waals surface area contributed by atoms with Crippen LogP contribution in [0, 0.1) is 0 Å². The molecule has 0 saturated carbocycles. The van der Waals surface area contributed by atoms with Gasteiger partial charge >= 0.3 is 0 Å². The van der Waals surface area contributed by atoms with Gasteiger partial charge in [-0.15, -0.1) is 0 Å². The number of hydrogen-bond donors (Lipinski definition) is 1. The molecule has 2 aromatic heterocycles. The van der Waals surface area contributed by atoms with Crippen LogP contribution >= 0.6 is 27.3 Å². The maximum Gasteiger partial charge on any atom is 0.193 e. The molecule has 0 amide bonds. The van der Waals surface area contributed by atoms with Gasteiger partial charge in [0, 0.05) is 16.1 Å². The number of nitrogens with two attached hydrogens (primary N) is 1. The Morgan fingerprint density at radius 2 is 1.88 bits per heavy atom. The Hall–Kier alpha value is -2.70. The van der Waals surface area contributed by atoms with Gasteiger partial charge in [-0.1, -0.05) is 33.3 Å². The Kier molecular flexibility index (Phi) is 3.38. The number of thiazole rings is 1. The first-order chi connectivity index (χ1) is 12.6. The maximum atomic E-state index is 12.7. The largest absolute Gasteiger partial charge is 0.456 e. The van der Waals surface area contributed by atoms with Gasteiger partial charge in [-0.2, -0.15) is 0 Å². The number of halogens is 1. The zero-order valence-electron chi connectivity index (χ0n) is 13.3. The molecule has 26 heavy (non-hydrogen) atoms. The number of benzene rings is 3. The molecule has 3 aromatic carbocycles. The van der Waals surface area contributed by atoms with Crippen molar-refractivity contribution in [2.24, 2.45) is 0 Å². The van der Waals surface area contributed by atoms with E-state index < -0.39 is 0 Å². The van der Waals surface area contributed by atoms with Gasteiger partial charge in [0.15, 0.2) is 10.6 Å². The second kappa shape index (κ2) is 5.65. The number of aromatic nitrogens is 1. The van der Waals surface area contributed by atoms with E-state index in [2.05, 4.69) is 20.9 Å². The number of nitrogens with zero attached hydrogens (tertiary/aromatic N) is 1. The predicted molar refractivity (Wildman–Crippen MR) is 111 cm³/mol. The van der Waals surface area contributed by atoms with Crippen LogP contribution in [0.15, 0.2) is 68.3 Å². The lowest BCUT2D eigenvalue weighted by molar-refractivity contribution is 0.619. The minimum Gasteiger partial charge on any atom is -0.456 e.